The molecule has 35 heavy (non-hydrogen) atoms. The summed E-state index contributed by atoms with van der Waals surface area (Å²) >= 11 is 13.7. The van der Waals surface area contributed by atoms with Gasteiger partial charge in [0.25, 0.3) is 5.91 Å². The monoisotopic (exact) mass is 526 g/mol. The zero-order valence-electron chi connectivity index (χ0n) is 18.8. The van der Waals surface area contributed by atoms with E-state index in [-0.39, 0.29) is 18.0 Å². The Bertz CT molecular complexity index is 1430. The van der Waals surface area contributed by atoms with Crippen LogP contribution in [0.4, 0.5) is 0 Å². The first-order valence-corrected chi connectivity index (χ1v) is 12.1. The lowest BCUT2D eigenvalue weighted by Crippen LogP contribution is -2.24. The number of carboxylic acid groups (broad SMARTS) is 1. The summed E-state index contributed by atoms with van der Waals surface area (Å²) in [4.78, 5) is 29.6. The van der Waals surface area contributed by atoms with Gasteiger partial charge < -0.3 is 15.2 Å². The van der Waals surface area contributed by atoms with E-state index >= 15 is 0 Å². The number of benzene rings is 3. The van der Waals surface area contributed by atoms with Crippen molar-refractivity contribution in [1.29, 1.82) is 0 Å². The first-order valence-electron chi connectivity index (χ1n) is 10.5. The minimum Gasteiger partial charge on any atom is -0.496 e. The van der Waals surface area contributed by atoms with Gasteiger partial charge in [-0.2, -0.15) is 0 Å². The molecule has 2 N–H and O–H groups in total. The molecule has 0 bridgehead atoms. The largest absolute Gasteiger partial charge is 0.496 e. The summed E-state index contributed by atoms with van der Waals surface area (Å²) in [5, 5.41) is 13.8. The van der Waals surface area contributed by atoms with Gasteiger partial charge in [0.2, 0.25) is 0 Å². The molecule has 0 aliphatic heterocycles. The Kier molecular flexibility index (Phi) is 7.40. The number of nitrogens with one attached hydrogen (secondary N) is 1. The Labute approximate surface area is 216 Å². The fraction of sp³-hybridized carbons (Fsp3) is 0.115. The van der Waals surface area contributed by atoms with Crippen molar-refractivity contribution in [2.45, 2.75) is 13.5 Å². The van der Waals surface area contributed by atoms with Crippen LogP contribution in [0.2, 0.25) is 10.0 Å². The van der Waals surface area contributed by atoms with Crippen LogP contribution in [0, 0.1) is 6.92 Å². The van der Waals surface area contributed by atoms with Gasteiger partial charge in [-0.25, -0.2) is 9.78 Å². The molecular weight excluding hydrogens is 507 g/mol. The number of carboxylic acids is 1. The highest BCUT2D eigenvalue weighted by atomic mass is 35.5. The van der Waals surface area contributed by atoms with E-state index < -0.39 is 5.97 Å². The molecule has 6 nitrogen and oxygen atoms in total. The topological polar surface area (TPSA) is 88.5 Å². The van der Waals surface area contributed by atoms with Crippen LogP contribution in [0.25, 0.3) is 21.7 Å². The average Bonchev–Trinajstić information content (AvgIpc) is 3.23. The smallest absolute Gasteiger partial charge is 0.335 e. The number of thiazole rings is 1. The number of aryl methyl sites for hydroxylation is 1. The van der Waals surface area contributed by atoms with E-state index in [1.165, 1.54) is 17.4 Å². The van der Waals surface area contributed by atoms with Crippen molar-refractivity contribution in [1.82, 2.24) is 10.3 Å². The van der Waals surface area contributed by atoms with Gasteiger partial charge in [-0.15, -0.1) is 11.3 Å². The summed E-state index contributed by atoms with van der Waals surface area (Å²) in [5.74, 6) is -0.715. The third-order valence-corrected chi connectivity index (χ3v) is 6.89. The second-order valence-corrected chi connectivity index (χ2v) is 9.69. The summed E-state index contributed by atoms with van der Waals surface area (Å²) in [6.45, 7) is 2.03. The third kappa shape index (κ3) is 5.48. The average molecular weight is 527 g/mol. The molecule has 0 saturated carbocycles. The van der Waals surface area contributed by atoms with Crippen molar-refractivity contribution < 1.29 is 19.4 Å². The molecule has 0 spiro atoms. The van der Waals surface area contributed by atoms with Gasteiger partial charge in [0.05, 0.1) is 17.7 Å². The first-order chi connectivity index (χ1) is 16.8. The lowest BCUT2D eigenvalue weighted by Gasteiger charge is -2.12. The van der Waals surface area contributed by atoms with Gasteiger partial charge in [-0.3, -0.25) is 4.79 Å². The standard InChI is InChI=1S/C26H20Cl2N2O4S/c1-14-23(30-25(35-14)20-8-7-19(27)12-21(20)28)24(31)29-13-18-11-16(6-9-22(18)34-2)15-4-3-5-17(10-15)26(32)33/h3-12H,13H2,1-2H3,(H,29,31)(H,32,33). The van der Waals surface area contributed by atoms with Gasteiger partial charge in [-0.1, -0.05) is 41.4 Å². The van der Waals surface area contributed by atoms with Crippen molar-refractivity contribution in [3.05, 3.63) is 92.4 Å². The lowest BCUT2D eigenvalue weighted by atomic mass is 10.0. The molecule has 0 unspecified atom stereocenters. The van der Waals surface area contributed by atoms with Crippen molar-refractivity contribution >= 4 is 46.4 Å². The van der Waals surface area contributed by atoms with E-state index in [0.717, 1.165) is 21.6 Å². The zero-order chi connectivity index (χ0) is 25.1. The maximum Gasteiger partial charge on any atom is 0.335 e. The van der Waals surface area contributed by atoms with E-state index in [9.17, 15) is 14.7 Å². The Morgan fingerprint density at radius 1 is 1.06 bits per heavy atom. The van der Waals surface area contributed by atoms with Crippen molar-refractivity contribution in [3.8, 4) is 27.4 Å². The van der Waals surface area contributed by atoms with Crippen molar-refractivity contribution in [2.24, 2.45) is 0 Å². The summed E-state index contributed by atoms with van der Waals surface area (Å²) in [6, 6.07) is 17.3. The molecular formula is C26H20Cl2N2O4S. The molecule has 3 aromatic carbocycles. The van der Waals surface area contributed by atoms with E-state index in [1.54, 1.807) is 43.5 Å². The predicted octanol–water partition coefficient (Wildman–Crippen LogP) is 6.73. The lowest BCUT2D eigenvalue weighted by molar-refractivity contribution is 0.0696. The van der Waals surface area contributed by atoms with Crippen LogP contribution in [0.3, 0.4) is 0 Å². The van der Waals surface area contributed by atoms with Crippen LogP contribution in [-0.4, -0.2) is 29.1 Å². The van der Waals surface area contributed by atoms with Crippen LogP contribution >= 0.6 is 34.5 Å². The second kappa shape index (κ2) is 10.5. The molecule has 0 aliphatic rings. The zero-order valence-corrected chi connectivity index (χ0v) is 21.1. The van der Waals surface area contributed by atoms with E-state index in [2.05, 4.69) is 10.3 Å². The quantitative estimate of drug-likeness (QED) is 0.278. The SMILES string of the molecule is COc1ccc(-c2cccc(C(=O)O)c2)cc1CNC(=O)c1nc(-c2ccc(Cl)cc2Cl)sc1C. The number of methoxy groups -OCH3 is 1. The molecule has 1 amide bonds. The Hall–Kier alpha value is -3.39. The van der Waals surface area contributed by atoms with Gasteiger partial charge in [0.15, 0.2) is 0 Å². The minimum atomic E-state index is -0.995. The molecule has 178 valence electrons. The number of hydrogen-bond acceptors (Lipinski definition) is 5. The van der Waals surface area contributed by atoms with E-state index in [0.29, 0.717) is 32.1 Å². The van der Waals surface area contributed by atoms with Crippen LogP contribution < -0.4 is 10.1 Å². The summed E-state index contributed by atoms with van der Waals surface area (Å²) in [7, 11) is 1.55. The molecule has 0 aliphatic carbocycles. The number of rotatable bonds is 7. The number of aromatic nitrogens is 1. The number of ether oxygens (including phenoxy) is 1. The summed E-state index contributed by atoms with van der Waals surface area (Å²) < 4.78 is 5.46. The molecule has 1 heterocycles. The molecule has 0 atom stereocenters. The third-order valence-electron chi connectivity index (χ3n) is 5.34. The van der Waals surface area contributed by atoms with Gasteiger partial charge in [0, 0.05) is 27.6 Å². The van der Waals surface area contributed by atoms with E-state index in [4.69, 9.17) is 27.9 Å². The van der Waals surface area contributed by atoms with Gasteiger partial charge >= 0.3 is 5.97 Å². The number of amides is 1. The number of halogens is 2. The van der Waals surface area contributed by atoms with Gasteiger partial charge in [0.1, 0.15) is 16.5 Å². The van der Waals surface area contributed by atoms with Crippen LogP contribution in [0.15, 0.2) is 60.7 Å². The molecule has 4 rings (SSSR count). The Morgan fingerprint density at radius 2 is 1.83 bits per heavy atom. The van der Waals surface area contributed by atoms with Crippen LogP contribution in [-0.2, 0) is 6.54 Å². The molecule has 4 aromatic rings. The minimum absolute atomic E-state index is 0.197. The molecule has 0 radical (unpaired) electrons. The normalized spacial score (nSPS) is 10.7. The maximum atomic E-state index is 13.0. The molecule has 1 aromatic heterocycles. The van der Waals surface area contributed by atoms with Crippen molar-refractivity contribution in [3.63, 3.8) is 0 Å². The predicted molar refractivity (Wildman–Crippen MR) is 139 cm³/mol. The highest BCUT2D eigenvalue weighted by Gasteiger charge is 2.18. The Balaban J connectivity index is 1.56. The maximum absolute atomic E-state index is 13.0. The fourth-order valence-electron chi connectivity index (χ4n) is 3.57. The summed E-state index contributed by atoms with van der Waals surface area (Å²) in [5.41, 5.74) is 3.53. The van der Waals surface area contributed by atoms with E-state index in [1.807, 2.05) is 25.1 Å². The summed E-state index contributed by atoms with van der Waals surface area (Å²) in [6.07, 6.45) is 0. The highest BCUT2D eigenvalue weighted by Crippen LogP contribution is 2.34. The van der Waals surface area contributed by atoms with Crippen LogP contribution in [0.5, 0.6) is 5.75 Å². The molecule has 9 heteroatoms. The molecule has 0 fully saturated rings. The van der Waals surface area contributed by atoms with Crippen molar-refractivity contribution in [2.75, 3.05) is 7.11 Å². The van der Waals surface area contributed by atoms with Crippen LogP contribution in [0.1, 0.15) is 31.3 Å². The number of carbonyl (C=O) groups excluding carboxylic acids is 1. The van der Waals surface area contributed by atoms with Gasteiger partial charge in [-0.05, 0) is 60.5 Å². The number of hydrogen-bond donors (Lipinski definition) is 2. The fourth-order valence-corrected chi connectivity index (χ4v) is 5.08. The number of aromatic carboxylic acids is 1. The molecule has 0 saturated heterocycles. The Morgan fingerprint density at radius 3 is 2.54 bits per heavy atom. The number of carbonyl (C=O) groups is 2. The first kappa shape index (κ1) is 24.7. The number of nitrogens with zero attached hydrogens (tertiary/aromatic N) is 1. The second-order valence-electron chi connectivity index (χ2n) is 7.64. The highest BCUT2D eigenvalue weighted by molar-refractivity contribution is 7.15.